The molecule has 0 fully saturated rings. The van der Waals surface area contributed by atoms with E-state index < -0.39 is 5.97 Å². The van der Waals surface area contributed by atoms with Gasteiger partial charge < -0.3 is 9.47 Å². The molecule has 2 aromatic carbocycles. The number of ether oxygens (including phenoxy) is 2. The molecule has 0 radical (unpaired) electrons. The molecular weight excluding hydrogens is 349 g/mol. The fourth-order valence-corrected chi connectivity index (χ4v) is 2.60. The molecule has 3 rings (SSSR count). The van der Waals surface area contributed by atoms with Gasteiger partial charge in [0.25, 0.3) is 0 Å². The van der Waals surface area contributed by atoms with Crippen LogP contribution >= 0.6 is 23.2 Å². The number of fused-ring (bicyclic) bond motifs is 1. The van der Waals surface area contributed by atoms with Gasteiger partial charge in [-0.25, -0.2) is 9.78 Å². The zero-order valence-electron chi connectivity index (χ0n) is 12.8. The van der Waals surface area contributed by atoms with E-state index >= 15 is 0 Å². The van der Waals surface area contributed by atoms with E-state index in [2.05, 4.69) is 4.98 Å². The molecule has 1 heterocycles. The molecule has 0 amide bonds. The highest BCUT2D eigenvalue weighted by atomic mass is 35.5. The molecule has 122 valence electrons. The van der Waals surface area contributed by atoms with E-state index in [0.717, 1.165) is 22.1 Å². The van der Waals surface area contributed by atoms with Crippen LogP contribution in [-0.2, 0) is 11.3 Å². The van der Waals surface area contributed by atoms with Crippen molar-refractivity contribution >= 4 is 39.9 Å². The van der Waals surface area contributed by atoms with Crippen molar-refractivity contribution in [3.05, 3.63) is 70.0 Å². The number of pyridine rings is 1. The summed E-state index contributed by atoms with van der Waals surface area (Å²) in [6.45, 7) is 0.116. The van der Waals surface area contributed by atoms with E-state index in [-0.39, 0.29) is 22.5 Å². The molecule has 0 aliphatic carbocycles. The van der Waals surface area contributed by atoms with Crippen LogP contribution in [-0.4, -0.2) is 18.1 Å². The number of carbonyl (C=O) groups is 1. The Morgan fingerprint density at radius 3 is 2.58 bits per heavy atom. The summed E-state index contributed by atoms with van der Waals surface area (Å²) >= 11 is 11.7. The van der Waals surface area contributed by atoms with Crippen LogP contribution in [0.15, 0.2) is 48.5 Å². The van der Waals surface area contributed by atoms with Gasteiger partial charge in [0, 0.05) is 0 Å². The quantitative estimate of drug-likeness (QED) is 0.489. The number of esters is 1. The second-order valence-corrected chi connectivity index (χ2v) is 5.88. The normalized spacial score (nSPS) is 10.6. The van der Waals surface area contributed by atoms with Crippen LogP contribution < -0.4 is 4.74 Å². The second-order valence-electron chi connectivity index (χ2n) is 5.09. The predicted octanol–water partition coefficient (Wildman–Crippen LogP) is 4.91. The van der Waals surface area contributed by atoms with Crippen LogP contribution in [0.25, 0.3) is 10.8 Å². The lowest BCUT2D eigenvalue weighted by Crippen LogP contribution is -2.08. The molecule has 24 heavy (non-hydrogen) atoms. The smallest absolute Gasteiger partial charge is 0.358 e. The van der Waals surface area contributed by atoms with Gasteiger partial charge in [-0.3, -0.25) is 0 Å². The maximum absolute atomic E-state index is 12.1. The maximum Gasteiger partial charge on any atom is 0.358 e. The van der Waals surface area contributed by atoms with Crippen LogP contribution in [0, 0.1) is 0 Å². The highest BCUT2D eigenvalue weighted by molar-refractivity contribution is 6.34. The van der Waals surface area contributed by atoms with Crippen molar-refractivity contribution in [1.82, 2.24) is 4.98 Å². The number of carbonyl (C=O) groups excluding carboxylic acids is 1. The molecular formula is C18H13Cl2NO3. The molecule has 0 bridgehead atoms. The Morgan fingerprint density at radius 2 is 1.79 bits per heavy atom. The largest absolute Gasteiger partial charge is 0.497 e. The Hall–Kier alpha value is -2.30. The standard InChI is InChI=1S/C18H13Cl2NO3/c1-23-14-5-4-12-8-11(2-3-13(12)9-14)10-24-18(22)17-15(19)6-7-16(20)21-17/h2-9H,10H2,1H3. The summed E-state index contributed by atoms with van der Waals surface area (Å²) < 4.78 is 10.5. The number of hydrogen-bond acceptors (Lipinski definition) is 4. The minimum Gasteiger partial charge on any atom is -0.497 e. The first-order valence-corrected chi connectivity index (χ1v) is 7.88. The first-order valence-electron chi connectivity index (χ1n) is 7.12. The summed E-state index contributed by atoms with van der Waals surface area (Å²) in [6, 6.07) is 14.6. The number of aromatic nitrogens is 1. The van der Waals surface area contributed by atoms with E-state index in [1.54, 1.807) is 7.11 Å². The highest BCUT2D eigenvalue weighted by Crippen LogP contribution is 2.23. The molecule has 4 nitrogen and oxygen atoms in total. The van der Waals surface area contributed by atoms with Gasteiger partial charge in [0.1, 0.15) is 17.5 Å². The molecule has 0 atom stereocenters. The van der Waals surface area contributed by atoms with E-state index in [1.807, 2.05) is 36.4 Å². The Morgan fingerprint density at radius 1 is 1.04 bits per heavy atom. The van der Waals surface area contributed by atoms with E-state index in [1.165, 1.54) is 12.1 Å². The summed E-state index contributed by atoms with van der Waals surface area (Å²) in [7, 11) is 1.63. The summed E-state index contributed by atoms with van der Waals surface area (Å²) in [5.41, 5.74) is 0.869. The molecule has 0 saturated carbocycles. The molecule has 0 N–H and O–H groups in total. The number of halogens is 2. The minimum absolute atomic E-state index is 0.00897. The molecule has 0 aliphatic rings. The average molecular weight is 362 g/mol. The van der Waals surface area contributed by atoms with Gasteiger partial charge in [-0.2, -0.15) is 0 Å². The Kier molecular flexibility index (Phi) is 4.88. The van der Waals surface area contributed by atoms with Crippen LogP contribution in [0.4, 0.5) is 0 Å². The number of methoxy groups -OCH3 is 1. The van der Waals surface area contributed by atoms with Gasteiger partial charge >= 0.3 is 5.97 Å². The number of hydrogen-bond donors (Lipinski definition) is 0. The van der Waals surface area contributed by atoms with Crippen molar-refractivity contribution in [2.75, 3.05) is 7.11 Å². The van der Waals surface area contributed by atoms with E-state index in [0.29, 0.717) is 0 Å². The van der Waals surface area contributed by atoms with Gasteiger partial charge in [0.2, 0.25) is 0 Å². The SMILES string of the molecule is COc1ccc2cc(COC(=O)c3nc(Cl)ccc3Cl)ccc2c1. The fraction of sp³-hybridized carbons (Fsp3) is 0.111. The summed E-state index contributed by atoms with van der Waals surface area (Å²) in [4.78, 5) is 16.0. The lowest BCUT2D eigenvalue weighted by Gasteiger charge is -2.08. The second kappa shape index (κ2) is 7.07. The van der Waals surface area contributed by atoms with Crippen molar-refractivity contribution in [1.29, 1.82) is 0 Å². The maximum atomic E-state index is 12.1. The van der Waals surface area contributed by atoms with Gasteiger partial charge in [-0.15, -0.1) is 0 Å². The number of rotatable bonds is 4. The molecule has 0 saturated heterocycles. The van der Waals surface area contributed by atoms with Crippen LogP contribution in [0.5, 0.6) is 5.75 Å². The van der Waals surface area contributed by atoms with E-state index in [4.69, 9.17) is 32.7 Å². The number of nitrogens with zero attached hydrogens (tertiary/aromatic N) is 1. The topological polar surface area (TPSA) is 48.4 Å². The molecule has 0 spiro atoms. The zero-order valence-corrected chi connectivity index (χ0v) is 14.3. The van der Waals surface area contributed by atoms with Crippen LogP contribution in [0.1, 0.15) is 16.1 Å². The first kappa shape index (κ1) is 16.6. The highest BCUT2D eigenvalue weighted by Gasteiger charge is 2.14. The third-order valence-electron chi connectivity index (χ3n) is 3.49. The molecule has 3 aromatic rings. The van der Waals surface area contributed by atoms with Gasteiger partial charge in [0.15, 0.2) is 5.69 Å². The third kappa shape index (κ3) is 3.61. The van der Waals surface area contributed by atoms with Crippen LogP contribution in [0.3, 0.4) is 0 Å². The first-order chi connectivity index (χ1) is 11.6. The number of benzene rings is 2. The van der Waals surface area contributed by atoms with Crippen molar-refractivity contribution in [2.45, 2.75) is 6.61 Å². The van der Waals surface area contributed by atoms with Gasteiger partial charge in [-0.1, -0.05) is 41.4 Å². The summed E-state index contributed by atoms with van der Waals surface area (Å²) in [6.07, 6.45) is 0. The Labute approximate surface area is 148 Å². The Bertz CT molecular complexity index is 912. The molecule has 0 unspecified atom stereocenters. The van der Waals surface area contributed by atoms with Crippen molar-refractivity contribution < 1.29 is 14.3 Å². The lowest BCUT2D eigenvalue weighted by molar-refractivity contribution is 0.0466. The molecule has 0 aliphatic heterocycles. The van der Waals surface area contributed by atoms with Gasteiger partial charge in [-0.05, 0) is 46.7 Å². The Balaban J connectivity index is 1.75. The van der Waals surface area contributed by atoms with E-state index in [9.17, 15) is 4.79 Å². The molecule has 1 aromatic heterocycles. The van der Waals surface area contributed by atoms with Crippen molar-refractivity contribution in [2.24, 2.45) is 0 Å². The van der Waals surface area contributed by atoms with Gasteiger partial charge in [0.05, 0.1) is 12.1 Å². The van der Waals surface area contributed by atoms with Crippen molar-refractivity contribution in [3.8, 4) is 5.75 Å². The fourth-order valence-electron chi connectivity index (χ4n) is 2.27. The third-order valence-corrected chi connectivity index (χ3v) is 4.00. The monoisotopic (exact) mass is 361 g/mol. The lowest BCUT2D eigenvalue weighted by atomic mass is 10.1. The predicted molar refractivity (Wildman–Crippen MR) is 93.9 cm³/mol. The van der Waals surface area contributed by atoms with Crippen molar-refractivity contribution in [3.63, 3.8) is 0 Å². The summed E-state index contributed by atoms with van der Waals surface area (Å²) in [5.74, 6) is 0.181. The summed E-state index contributed by atoms with van der Waals surface area (Å²) in [5, 5.41) is 2.47. The molecule has 6 heteroatoms. The zero-order chi connectivity index (χ0) is 17.1. The van der Waals surface area contributed by atoms with Crippen LogP contribution in [0.2, 0.25) is 10.2 Å². The minimum atomic E-state index is -0.614. The average Bonchev–Trinajstić information content (AvgIpc) is 2.61.